The van der Waals surface area contributed by atoms with Crippen LogP contribution in [0.5, 0.6) is 5.75 Å². The fourth-order valence-corrected chi connectivity index (χ4v) is 3.49. The molecule has 1 amide bonds. The molecule has 25 heavy (non-hydrogen) atoms. The van der Waals surface area contributed by atoms with E-state index < -0.39 is 0 Å². The Hall–Kier alpha value is -2.29. The van der Waals surface area contributed by atoms with E-state index in [1.54, 1.807) is 7.11 Å². The Morgan fingerprint density at radius 2 is 1.96 bits per heavy atom. The topological polar surface area (TPSA) is 29.5 Å². The van der Waals surface area contributed by atoms with E-state index in [0.717, 1.165) is 42.8 Å². The number of anilines is 1. The number of hydrogen-bond donors (Lipinski definition) is 0. The molecule has 2 aromatic carbocycles. The van der Waals surface area contributed by atoms with Crippen LogP contribution in [0.1, 0.15) is 48.7 Å². The van der Waals surface area contributed by atoms with Gasteiger partial charge in [-0.15, -0.1) is 0 Å². The number of amides is 1. The van der Waals surface area contributed by atoms with Crippen LogP contribution in [0.25, 0.3) is 0 Å². The van der Waals surface area contributed by atoms with Crippen molar-refractivity contribution in [1.29, 1.82) is 0 Å². The summed E-state index contributed by atoms with van der Waals surface area (Å²) in [5.74, 6) is 0.932. The number of carbonyl (C=O) groups excluding carboxylic acids is 1. The molecule has 0 saturated carbocycles. The second-order valence-corrected chi connectivity index (χ2v) is 7.99. The first-order valence-corrected chi connectivity index (χ1v) is 8.95. The van der Waals surface area contributed by atoms with Crippen molar-refractivity contribution in [3.8, 4) is 5.75 Å². The number of hydrogen-bond acceptors (Lipinski definition) is 2. The highest BCUT2D eigenvalue weighted by Gasteiger charge is 2.24. The molecule has 3 rings (SSSR count). The molecule has 132 valence electrons. The van der Waals surface area contributed by atoms with Crippen molar-refractivity contribution < 1.29 is 9.53 Å². The van der Waals surface area contributed by atoms with Crippen LogP contribution >= 0.6 is 0 Å². The second-order valence-electron chi connectivity index (χ2n) is 7.99. The van der Waals surface area contributed by atoms with Crippen molar-refractivity contribution in [2.45, 2.75) is 40.0 Å². The summed E-state index contributed by atoms with van der Waals surface area (Å²) >= 11 is 0. The molecule has 0 unspecified atom stereocenters. The predicted molar refractivity (Wildman–Crippen MR) is 103 cm³/mol. The minimum absolute atomic E-state index is 0.0851. The summed E-state index contributed by atoms with van der Waals surface area (Å²) in [5.41, 5.74) is 4.38. The van der Waals surface area contributed by atoms with Gasteiger partial charge in [-0.1, -0.05) is 32.9 Å². The van der Waals surface area contributed by atoms with Gasteiger partial charge in [-0.25, -0.2) is 0 Å². The highest BCUT2D eigenvalue weighted by molar-refractivity contribution is 6.06. The van der Waals surface area contributed by atoms with E-state index >= 15 is 0 Å². The average Bonchev–Trinajstić information content (AvgIpc) is 2.58. The SMILES string of the molecule is COc1ccc2c(c1)CCCN2C(=O)c1cccc(CC(C)(C)C)c1. The van der Waals surface area contributed by atoms with Gasteiger partial charge in [-0.05, 0) is 66.1 Å². The van der Waals surface area contributed by atoms with E-state index in [-0.39, 0.29) is 11.3 Å². The van der Waals surface area contributed by atoms with E-state index in [0.29, 0.717) is 0 Å². The van der Waals surface area contributed by atoms with Crippen LogP contribution in [0.15, 0.2) is 42.5 Å². The Bertz CT molecular complexity index is 774. The lowest BCUT2D eigenvalue weighted by atomic mass is 9.87. The minimum atomic E-state index is 0.0851. The summed E-state index contributed by atoms with van der Waals surface area (Å²) in [7, 11) is 1.67. The van der Waals surface area contributed by atoms with Gasteiger partial charge in [0.25, 0.3) is 5.91 Å². The Labute approximate surface area is 150 Å². The number of aryl methyl sites for hydroxylation is 1. The number of ether oxygens (including phenoxy) is 1. The fraction of sp³-hybridized carbons (Fsp3) is 0.409. The monoisotopic (exact) mass is 337 g/mol. The molecule has 1 aliphatic heterocycles. The van der Waals surface area contributed by atoms with Gasteiger partial charge >= 0.3 is 0 Å². The van der Waals surface area contributed by atoms with Gasteiger partial charge in [0.2, 0.25) is 0 Å². The van der Waals surface area contributed by atoms with Gasteiger partial charge in [0.05, 0.1) is 7.11 Å². The lowest BCUT2D eigenvalue weighted by molar-refractivity contribution is 0.0985. The number of carbonyl (C=O) groups is 1. The maximum absolute atomic E-state index is 13.1. The summed E-state index contributed by atoms with van der Waals surface area (Å²) in [6.45, 7) is 7.42. The molecule has 0 aliphatic carbocycles. The molecule has 0 spiro atoms. The van der Waals surface area contributed by atoms with Crippen LogP contribution < -0.4 is 9.64 Å². The Kier molecular flexibility index (Phi) is 4.85. The van der Waals surface area contributed by atoms with Crippen molar-refractivity contribution in [2.75, 3.05) is 18.6 Å². The molecule has 3 nitrogen and oxygen atoms in total. The molecular weight excluding hydrogens is 310 g/mol. The first-order valence-electron chi connectivity index (χ1n) is 8.95. The van der Waals surface area contributed by atoms with Gasteiger partial charge < -0.3 is 9.64 Å². The van der Waals surface area contributed by atoms with Crippen LogP contribution in [0.2, 0.25) is 0 Å². The predicted octanol–water partition coefficient (Wildman–Crippen LogP) is 4.88. The van der Waals surface area contributed by atoms with Crippen molar-refractivity contribution in [3.05, 3.63) is 59.2 Å². The van der Waals surface area contributed by atoms with Gasteiger partial charge in [0.1, 0.15) is 5.75 Å². The maximum Gasteiger partial charge on any atom is 0.258 e. The van der Waals surface area contributed by atoms with E-state index in [1.165, 1.54) is 11.1 Å². The molecule has 1 aliphatic rings. The zero-order chi connectivity index (χ0) is 18.0. The van der Waals surface area contributed by atoms with Crippen molar-refractivity contribution in [3.63, 3.8) is 0 Å². The minimum Gasteiger partial charge on any atom is -0.497 e. The van der Waals surface area contributed by atoms with E-state index in [2.05, 4.69) is 26.8 Å². The molecular formula is C22H27NO2. The number of benzene rings is 2. The molecule has 0 bridgehead atoms. The Morgan fingerprint density at radius 3 is 2.68 bits per heavy atom. The molecule has 0 radical (unpaired) electrons. The molecule has 2 aromatic rings. The summed E-state index contributed by atoms with van der Waals surface area (Å²) in [6, 6.07) is 14.1. The fourth-order valence-electron chi connectivity index (χ4n) is 3.49. The molecule has 0 atom stereocenters. The standard InChI is InChI=1S/C22H27NO2/c1-22(2,3)15-16-7-5-8-18(13-16)21(24)23-12-6-9-17-14-19(25-4)10-11-20(17)23/h5,7-8,10-11,13-14H,6,9,12,15H2,1-4H3. The summed E-state index contributed by atoms with van der Waals surface area (Å²) in [6.07, 6.45) is 2.93. The number of nitrogens with zero attached hydrogens (tertiary/aromatic N) is 1. The maximum atomic E-state index is 13.1. The lowest BCUT2D eigenvalue weighted by Gasteiger charge is -2.30. The van der Waals surface area contributed by atoms with Crippen LogP contribution in [-0.2, 0) is 12.8 Å². The zero-order valence-corrected chi connectivity index (χ0v) is 15.6. The molecule has 0 N–H and O–H groups in total. The van der Waals surface area contributed by atoms with Crippen LogP contribution in [0.3, 0.4) is 0 Å². The largest absolute Gasteiger partial charge is 0.497 e. The summed E-state index contributed by atoms with van der Waals surface area (Å²) in [4.78, 5) is 15.0. The van der Waals surface area contributed by atoms with E-state index in [9.17, 15) is 4.79 Å². The van der Waals surface area contributed by atoms with Crippen molar-refractivity contribution in [2.24, 2.45) is 5.41 Å². The third kappa shape index (κ3) is 4.04. The van der Waals surface area contributed by atoms with E-state index in [4.69, 9.17) is 4.74 Å². The first kappa shape index (κ1) is 17.5. The van der Waals surface area contributed by atoms with Crippen LogP contribution in [0, 0.1) is 5.41 Å². The molecule has 3 heteroatoms. The molecule has 0 aromatic heterocycles. The van der Waals surface area contributed by atoms with Crippen LogP contribution in [0.4, 0.5) is 5.69 Å². The number of rotatable bonds is 3. The van der Waals surface area contributed by atoms with Gasteiger partial charge in [-0.2, -0.15) is 0 Å². The Balaban J connectivity index is 1.89. The molecule has 0 fully saturated rings. The van der Waals surface area contributed by atoms with Crippen molar-refractivity contribution >= 4 is 11.6 Å². The van der Waals surface area contributed by atoms with E-state index in [1.807, 2.05) is 41.3 Å². The number of fused-ring (bicyclic) bond motifs is 1. The summed E-state index contributed by atoms with van der Waals surface area (Å²) in [5, 5.41) is 0. The summed E-state index contributed by atoms with van der Waals surface area (Å²) < 4.78 is 5.32. The van der Waals surface area contributed by atoms with Gasteiger partial charge in [0.15, 0.2) is 0 Å². The third-order valence-electron chi connectivity index (χ3n) is 4.56. The van der Waals surface area contributed by atoms with Gasteiger partial charge in [-0.3, -0.25) is 4.79 Å². The Morgan fingerprint density at radius 1 is 1.16 bits per heavy atom. The van der Waals surface area contributed by atoms with Gasteiger partial charge in [0, 0.05) is 17.8 Å². The lowest BCUT2D eigenvalue weighted by Crippen LogP contribution is -2.35. The van der Waals surface area contributed by atoms with Crippen LogP contribution in [-0.4, -0.2) is 19.6 Å². The second kappa shape index (κ2) is 6.91. The highest BCUT2D eigenvalue weighted by atomic mass is 16.5. The normalized spacial score (nSPS) is 14.2. The first-order chi connectivity index (χ1) is 11.9. The number of methoxy groups -OCH3 is 1. The average molecular weight is 337 g/mol. The zero-order valence-electron chi connectivity index (χ0n) is 15.6. The molecule has 1 heterocycles. The quantitative estimate of drug-likeness (QED) is 0.799. The third-order valence-corrected chi connectivity index (χ3v) is 4.56. The highest BCUT2D eigenvalue weighted by Crippen LogP contribution is 2.31. The smallest absolute Gasteiger partial charge is 0.258 e. The van der Waals surface area contributed by atoms with Crippen molar-refractivity contribution in [1.82, 2.24) is 0 Å². The molecule has 0 saturated heterocycles.